The minimum Gasteiger partial charge on any atom is -0.493 e. The molecule has 3 N–H and O–H groups in total. The SMILES string of the molecule is CCOc1cccc(N)c1C(=O)NCC1CCSCC1. The van der Waals surface area contributed by atoms with Gasteiger partial charge in [-0.1, -0.05) is 6.07 Å². The van der Waals surface area contributed by atoms with E-state index in [1.54, 1.807) is 18.2 Å². The van der Waals surface area contributed by atoms with Crippen molar-refractivity contribution in [3.8, 4) is 5.75 Å². The monoisotopic (exact) mass is 294 g/mol. The van der Waals surface area contributed by atoms with Crippen LogP contribution in [0.2, 0.25) is 0 Å². The number of hydrogen-bond acceptors (Lipinski definition) is 4. The van der Waals surface area contributed by atoms with Crippen LogP contribution in [-0.2, 0) is 0 Å². The Morgan fingerprint density at radius 2 is 2.20 bits per heavy atom. The summed E-state index contributed by atoms with van der Waals surface area (Å²) < 4.78 is 5.49. The van der Waals surface area contributed by atoms with Crippen LogP contribution in [0.15, 0.2) is 18.2 Å². The first-order valence-corrected chi connectivity index (χ1v) is 8.25. The molecule has 0 bridgehead atoms. The Bertz CT molecular complexity index is 459. The molecule has 1 amide bonds. The summed E-state index contributed by atoms with van der Waals surface area (Å²) in [6, 6.07) is 5.32. The molecule has 0 saturated carbocycles. The van der Waals surface area contributed by atoms with Gasteiger partial charge >= 0.3 is 0 Å². The van der Waals surface area contributed by atoms with E-state index in [1.165, 1.54) is 24.3 Å². The molecule has 0 atom stereocenters. The van der Waals surface area contributed by atoms with E-state index in [0.717, 1.165) is 6.54 Å². The van der Waals surface area contributed by atoms with Gasteiger partial charge in [0.25, 0.3) is 5.91 Å². The third-order valence-electron chi connectivity index (χ3n) is 3.48. The van der Waals surface area contributed by atoms with Crippen LogP contribution in [0.1, 0.15) is 30.1 Å². The summed E-state index contributed by atoms with van der Waals surface area (Å²) in [5.74, 6) is 3.39. The maximum Gasteiger partial charge on any atom is 0.257 e. The molecule has 1 aliphatic rings. The molecule has 5 heteroatoms. The predicted molar refractivity (Wildman–Crippen MR) is 84.4 cm³/mol. The van der Waals surface area contributed by atoms with Gasteiger partial charge in [0.2, 0.25) is 0 Å². The van der Waals surface area contributed by atoms with Crippen LogP contribution in [0.5, 0.6) is 5.75 Å². The minimum absolute atomic E-state index is 0.134. The third kappa shape index (κ3) is 3.82. The van der Waals surface area contributed by atoms with E-state index >= 15 is 0 Å². The highest BCUT2D eigenvalue weighted by Gasteiger charge is 2.19. The molecule has 2 rings (SSSR count). The lowest BCUT2D eigenvalue weighted by atomic mass is 10.0. The van der Waals surface area contributed by atoms with Crippen molar-refractivity contribution in [2.24, 2.45) is 5.92 Å². The van der Waals surface area contributed by atoms with Gasteiger partial charge in [0.1, 0.15) is 11.3 Å². The van der Waals surface area contributed by atoms with Crippen molar-refractivity contribution >= 4 is 23.4 Å². The van der Waals surface area contributed by atoms with Crippen LogP contribution < -0.4 is 15.8 Å². The van der Waals surface area contributed by atoms with Crippen molar-refractivity contribution in [2.45, 2.75) is 19.8 Å². The van der Waals surface area contributed by atoms with Crippen molar-refractivity contribution in [1.29, 1.82) is 0 Å². The Kier molecular flexibility index (Phi) is 5.59. The molecule has 1 aromatic carbocycles. The number of amides is 1. The third-order valence-corrected chi connectivity index (χ3v) is 4.53. The molecule has 20 heavy (non-hydrogen) atoms. The molecule has 0 aliphatic carbocycles. The van der Waals surface area contributed by atoms with Crippen LogP contribution >= 0.6 is 11.8 Å². The summed E-state index contributed by atoms with van der Waals surface area (Å²) in [4.78, 5) is 12.3. The molecule has 0 radical (unpaired) electrons. The molecule has 1 fully saturated rings. The zero-order chi connectivity index (χ0) is 14.4. The van der Waals surface area contributed by atoms with Crippen molar-refractivity contribution in [1.82, 2.24) is 5.32 Å². The number of ether oxygens (including phenoxy) is 1. The molecule has 4 nitrogen and oxygen atoms in total. The number of carbonyl (C=O) groups is 1. The van der Waals surface area contributed by atoms with Crippen LogP contribution in [0.3, 0.4) is 0 Å². The zero-order valence-corrected chi connectivity index (χ0v) is 12.7. The molecule has 0 unspecified atom stereocenters. The van der Waals surface area contributed by atoms with Crippen molar-refractivity contribution in [3.05, 3.63) is 23.8 Å². The van der Waals surface area contributed by atoms with Crippen LogP contribution in [0.25, 0.3) is 0 Å². The topological polar surface area (TPSA) is 64.3 Å². The Balaban J connectivity index is 2.00. The second-order valence-corrected chi connectivity index (χ2v) is 6.14. The first-order valence-electron chi connectivity index (χ1n) is 7.09. The highest BCUT2D eigenvalue weighted by molar-refractivity contribution is 7.99. The number of benzene rings is 1. The summed E-state index contributed by atoms with van der Waals surface area (Å²) >= 11 is 1.99. The van der Waals surface area contributed by atoms with Crippen molar-refractivity contribution < 1.29 is 9.53 Å². The summed E-state index contributed by atoms with van der Waals surface area (Å²) in [6.07, 6.45) is 2.35. The molecule has 1 heterocycles. The molecular formula is C15H22N2O2S. The molecule has 0 spiro atoms. The van der Waals surface area contributed by atoms with Gasteiger partial charge in [0.15, 0.2) is 0 Å². The van der Waals surface area contributed by atoms with E-state index in [2.05, 4.69) is 5.32 Å². The molecular weight excluding hydrogens is 272 g/mol. The van der Waals surface area contributed by atoms with E-state index in [0.29, 0.717) is 29.5 Å². The van der Waals surface area contributed by atoms with E-state index < -0.39 is 0 Å². The van der Waals surface area contributed by atoms with Gasteiger partial charge in [-0.25, -0.2) is 0 Å². The van der Waals surface area contributed by atoms with Crippen molar-refractivity contribution in [2.75, 3.05) is 30.4 Å². The number of carbonyl (C=O) groups excluding carboxylic acids is 1. The number of nitrogens with one attached hydrogen (secondary N) is 1. The number of nitrogens with two attached hydrogens (primary N) is 1. The molecule has 1 aromatic rings. The zero-order valence-electron chi connectivity index (χ0n) is 11.9. The first-order chi connectivity index (χ1) is 9.72. The average Bonchev–Trinajstić information content (AvgIpc) is 2.46. The highest BCUT2D eigenvalue weighted by Crippen LogP contribution is 2.25. The predicted octanol–water partition coefficient (Wildman–Crippen LogP) is 2.54. The lowest BCUT2D eigenvalue weighted by Crippen LogP contribution is -2.31. The van der Waals surface area contributed by atoms with E-state index in [9.17, 15) is 4.79 Å². The maximum absolute atomic E-state index is 12.3. The van der Waals surface area contributed by atoms with E-state index in [4.69, 9.17) is 10.5 Å². The Morgan fingerprint density at radius 1 is 1.45 bits per heavy atom. The second-order valence-electron chi connectivity index (χ2n) is 4.92. The largest absolute Gasteiger partial charge is 0.493 e. The van der Waals surface area contributed by atoms with Gasteiger partial charge in [0, 0.05) is 12.2 Å². The lowest BCUT2D eigenvalue weighted by molar-refractivity contribution is 0.0943. The number of hydrogen-bond donors (Lipinski definition) is 2. The van der Waals surface area contributed by atoms with Gasteiger partial charge in [-0.05, 0) is 49.3 Å². The Labute approximate surface area is 124 Å². The number of anilines is 1. The summed E-state index contributed by atoms with van der Waals surface area (Å²) in [7, 11) is 0. The van der Waals surface area contributed by atoms with E-state index in [1.807, 2.05) is 18.7 Å². The summed E-state index contributed by atoms with van der Waals surface area (Å²) in [5, 5.41) is 3.00. The molecule has 1 saturated heterocycles. The summed E-state index contributed by atoms with van der Waals surface area (Å²) in [5.41, 5.74) is 6.84. The summed E-state index contributed by atoms with van der Waals surface area (Å²) in [6.45, 7) is 3.13. The normalized spacial score (nSPS) is 15.8. The average molecular weight is 294 g/mol. The number of thioether (sulfide) groups is 1. The van der Waals surface area contributed by atoms with Crippen LogP contribution in [0, 0.1) is 5.92 Å². The fourth-order valence-corrected chi connectivity index (χ4v) is 3.55. The van der Waals surface area contributed by atoms with Crippen LogP contribution in [-0.4, -0.2) is 30.6 Å². The fourth-order valence-electron chi connectivity index (χ4n) is 2.34. The lowest BCUT2D eigenvalue weighted by Gasteiger charge is -2.22. The second kappa shape index (κ2) is 7.43. The van der Waals surface area contributed by atoms with E-state index in [-0.39, 0.29) is 5.91 Å². The number of rotatable bonds is 5. The highest BCUT2D eigenvalue weighted by atomic mass is 32.2. The van der Waals surface area contributed by atoms with Gasteiger partial charge in [0.05, 0.1) is 6.61 Å². The first kappa shape index (κ1) is 15.0. The minimum atomic E-state index is -0.134. The van der Waals surface area contributed by atoms with Gasteiger partial charge in [-0.15, -0.1) is 0 Å². The quantitative estimate of drug-likeness (QED) is 0.819. The standard InChI is InChI=1S/C15H22N2O2S/c1-2-19-13-5-3-4-12(16)14(13)15(18)17-10-11-6-8-20-9-7-11/h3-5,11H,2,6-10,16H2,1H3,(H,17,18). The fraction of sp³-hybridized carbons (Fsp3) is 0.533. The van der Waals surface area contributed by atoms with Gasteiger partial charge < -0.3 is 15.8 Å². The number of nitrogen functional groups attached to an aromatic ring is 1. The van der Waals surface area contributed by atoms with Crippen LogP contribution in [0.4, 0.5) is 5.69 Å². The Hall–Kier alpha value is -1.36. The Morgan fingerprint density at radius 3 is 2.90 bits per heavy atom. The molecule has 110 valence electrons. The molecule has 0 aromatic heterocycles. The smallest absolute Gasteiger partial charge is 0.257 e. The maximum atomic E-state index is 12.3. The van der Waals surface area contributed by atoms with Gasteiger partial charge in [-0.2, -0.15) is 11.8 Å². The van der Waals surface area contributed by atoms with Gasteiger partial charge in [-0.3, -0.25) is 4.79 Å². The molecule has 1 aliphatic heterocycles. The van der Waals surface area contributed by atoms with Crippen molar-refractivity contribution in [3.63, 3.8) is 0 Å².